The minimum Gasteiger partial charge on any atom is -0.364 e. The predicted molar refractivity (Wildman–Crippen MR) is 75.9 cm³/mol. The number of nitrogens with zero attached hydrogens (tertiary/aromatic N) is 1. The Hall–Kier alpha value is -1.66. The molecule has 1 N–H and O–H groups in total. The minimum absolute atomic E-state index is 0.350. The zero-order valence-electron chi connectivity index (χ0n) is 11.6. The molecule has 108 valence electrons. The molecule has 1 aromatic heterocycles. The lowest BCUT2D eigenvalue weighted by Crippen LogP contribution is -2.25. The molecule has 0 fully saturated rings. The first-order valence-corrected chi connectivity index (χ1v) is 7.92. The van der Waals surface area contributed by atoms with E-state index in [-0.39, 0.29) is 0 Å². The standard InChI is InChI=1S/C14H18N2O3S/c1-11-5-6-12(2)14(8-11)20(17,18)16-7-3-4-13-9-15-19-10-13/h5-6,8-10,16H,3-4,7H2,1-2H3. The maximum atomic E-state index is 12.2. The van der Waals surface area contributed by atoms with Crippen LogP contribution < -0.4 is 4.72 Å². The Bertz CT molecular complexity index is 664. The molecule has 5 nitrogen and oxygen atoms in total. The van der Waals surface area contributed by atoms with Gasteiger partial charge in [-0.3, -0.25) is 0 Å². The molecule has 1 aromatic carbocycles. The highest BCUT2D eigenvalue weighted by molar-refractivity contribution is 7.89. The fraction of sp³-hybridized carbons (Fsp3) is 0.357. The van der Waals surface area contributed by atoms with Gasteiger partial charge >= 0.3 is 0 Å². The molecule has 0 aliphatic rings. The molecule has 0 radical (unpaired) electrons. The monoisotopic (exact) mass is 294 g/mol. The van der Waals surface area contributed by atoms with Crippen molar-refractivity contribution in [2.45, 2.75) is 31.6 Å². The van der Waals surface area contributed by atoms with E-state index in [0.717, 1.165) is 23.1 Å². The Kier molecular flexibility index (Phi) is 4.57. The summed E-state index contributed by atoms with van der Waals surface area (Å²) in [7, 11) is -3.44. The summed E-state index contributed by atoms with van der Waals surface area (Å²) in [4.78, 5) is 0.350. The van der Waals surface area contributed by atoms with Crippen molar-refractivity contribution in [3.63, 3.8) is 0 Å². The molecule has 2 aromatic rings. The number of aryl methyl sites for hydroxylation is 3. The van der Waals surface area contributed by atoms with Crippen molar-refractivity contribution in [2.24, 2.45) is 0 Å². The van der Waals surface area contributed by atoms with E-state index in [1.807, 2.05) is 19.1 Å². The predicted octanol–water partition coefficient (Wildman–Crippen LogP) is 2.20. The summed E-state index contributed by atoms with van der Waals surface area (Å²) in [5.41, 5.74) is 2.65. The smallest absolute Gasteiger partial charge is 0.240 e. The Balaban J connectivity index is 1.95. The van der Waals surface area contributed by atoms with Crippen molar-refractivity contribution in [3.05, 3.63) is 47.3 Å². The topological polar surface area (TPSA) is 72.2 Å². The fourth-order valence-corrected chi connectivity index (χ4v) is 3.33. The zero-order chi connectivity index (χ0) is 14.6. The highest BCUT2D eigenvalue weighted by atomic mass is 32.2. The molecule has 2 rings (SSSR count). The van der Waals surface area contributed by atoms with Gasteiger partial charge in [-0.25, -0.2) is 13.1 Å². The van der Waals surface area contributed by atoms with Gasteiger partial charge in [-0.05, 0) is 43.9 Å². The lowest BCUT2D eigenvalue weighted by molar-refractivity contribution is 0.418. The van der Waals surface area contributed by atoms with Gasteiger partial charge in [0, 0.05) is 12.1 Å². The summed E-state index contributed by atoms with van der Waals surface area (Å²) < 4.78 is 31.8. The summed E-state index contributed by atoms with van der Waals surface area (Å²) in [6, 6.07) is 5.42. The summed E-state index contributed by atoms with van der Waals surface area (Å²) >= 11 is 0. The first-order chi connectivity index (χ1) is 9.49. The van der Waals surface area contributed by atoms with E-state index in [0.29, 0.717) is 17.9 Å². The lowest BCUT2D eigenvalue weighted by atomic mass is 10.2. The third kappa shape index (κ3) is 3.68. The van der Waals surface area contributed by atoms with Gasteiger partial charge in [-0.15, -0.1) is 0 Å². The number of sulfonamides is 1. The maximum absolute atomic E-state index is 12.2. The third-order valence-electron chi connectivity index (χ3n) is 3.05. The first kappa shape index (κ1) is 14.7. The van der Waals surface area contributed by atoms with Gasteiger partial charge in [0.15, 0.2) is 0 Å². The Morgan fingerprint density at radius 3 is 2.80 bits per heavy atom. The molecule has 0 amide bonds. The summed E-state index contributed by atoms with van der Waals surface area (Å²) in [5.74, 6) is 0. The van der Waals surface area contributed by atoms with E-state index in [4.69, 9.17) is 4.52 Å². The van der Waals surface area contributed by atoms with Gasteiger partial charge in [0.05, 0.1) is 11.1 Å². The Morgan fingerprint density at radius 1 is 1.30 bits per heavy atom. The Morgan fingerprint density at radius 2 is 2.10 bits per heavy atom. The van der Waals surface area contributed by atoms with Crippen LogP contribution in [0.5, 0.6) is 0 Å². The van der Waals surface area contributed by atoms with Gasteiger partial charge < -0.3 is 4.52 Å². The van der Waals surface area contributed by atoms with Gasteiger partial charge in [0.2, 0.25) is 10.0 Å². The van der Waals surface area contributed by atoms with Crippen LogP contribution in [0.4, 0.5) is 0 Å². The summed E-state index contributed by atoms with van der Waals surface area (Å²) in [5, 5.41) is 3.60. The minimum atomic E-state index is -3.44. The highest BCUT2D eigenvalue weighted by Gasteiger charge is 2.16. The molecule has 0 saturated carbocycles. The molecule has 0 saturated heterocycles. The van der Waals surface area contributed by atoms with Crippen LogP contribution in [0.1, 0.15) is 23.1 Å². The molecule has 0 spiro atoms. The first-order valence-electron chi connectivity index (χ1n) is 6.44. The molecule has 0 bridgehead atoms. The van der Waals surface area contributed by atoms with Gasteiger partial charge in [-0.1, -0.05) is 17.3 Å². The number of benzene rings is 1. The number of hydrogen-bond acceptors (Lipinski definition) is 4. The van der Waals surface area contributed by atoms with Gasteiger partial charge in [-0.2, -0.15) is 0 Å². The van der Waals surface area contributed by atoms with E-state index in [1.165, 1.54) is 0 Å². The van der Waals surface area contributed by atoms with Gasteiger partial charge in [0.1, 0.15) is 6.26 Å². The second-order valence-corrected chi connectivity index (χ2v) is 6.54. The third-order valence-corrected chi connectivity index (χ3v) is 4.65. The normalized spacial score (nSPS) is 11.7. The van der Waals surface area contributed by atoms with E-state index in [2.05, 4.69) is 9.88 Å². The van der Waals surface area contributed by atoms with E-state index in [9.17, 15) is 8.42 Å². The van der Waals surface area contributed by atoms with Crippen LogP contribution in [-0.4, -0.2) is 20.1 Å². The van der Waals surface area contributed by atoms with E-state index >= 15 is 0 Å². The molecule has 0 atom stereocenters. The highest BCUT2D eigenvalue weighted by Crippen LogP contribution is 2.16. The van der Waals surface area contributed by atoms with Crippen molar-refractivity contribution >= 4 is 10.0 Å². The number of hydrogen-bond donors (Lipinski definition) is 1. The van der Waals surface area contributed by atoms with Gasteiger partial charge in [0.25, 0.3) is 0 Å². The number of nitrogens with one attached hydrogen (secondary N) is 1. The largest absolute Gasteiger partial charge is 0.364 e. The molecule has 6 heteroatoms. The molecule has 1 heterocycles. The second-order valence-electron chi connectivity index (χ2n) is 4.80. The van der Waals surface area contributed by atoms with Crippen molar-refractivity contribution in [2.75, 3.05) is 6.54 Å². The van der Waals surface area contributed by atoms with Crippen LogP contribution in [0.15, 0.2) is 40.1 Å². The average Bonchev–Trinajstić information content (AvgIpc) is 2.90. The molecule has 20 heavy (non-hydrogen) atoms. The van der Waals surface area contributed by atoms with Crippen LogP contribution in [0.2, 0.25) is 0 Å². The molecular formula is C14H18N2O3S. The van der Waals surface area contributed by atoms with Crippen LogP contribution in [0.3, 0.4) is 0 Å². The van der Waals surface area contributed by atoms with E-state index < -0.39 is 10.0 Å². The van der Waals surface area contributed by atoms with E-state index in [1.54, 1.807) is 25.5 Å². The maximum Gasteiger partial charge on any atom is 0.240 e. The van der Waals surface area contributed by atoms with Crippen LogP contribution in [-0.2, 0) is 16.4 Å². The van der Waals surface area contributed by atoms with Crippen LogP contribution in [0.25, 0.3) is 0 Å². The zero-order valence-corrected chi connectivity index (χ0v) is 12.4. The summed E-state index contributed by atoms with van der Waals surface area (Å²) in [6.07, 6.45) is 4.64. The lowest BCUT2D eigenvalue weighted by Gasteiger charge is -2.09. The summed E-state index contributed by atoms with van der Waals surface area (Å²) in [6.45, 7) is 4.07. The van der Waals surface area contributed by atoms with Crippen molar-refractivity contribution < 1.29 is 12.9 Å². The molecule has 0 aliphatic heterocycles. The number of aromatic nitrogens is 1. The SMILES string of the molecule is Cc1ccc(C)c(S(=O)(=O)NCCCc2cnoc2)c1. The Labute approximate surface area is 119 Å². The molecule has 0 aliphatic carbocycles. The van der Waals surface area contributed by atoms with Crippen molar-refractivity contribution in [3.8, 4) is 0 Å². The molecule has 0 unspecified atom stereocenters. The molecular weight excluding hydrogens is 276 g/mol. The number of rotatable bonds is 6. The second kappa shape index (κ2) is 6.19. The fourth-order valence-electron chi connectivity index (χ4n) is 1.92. The quantitative estimate of drug-likeness (QED) is 0.829. The van der Waals surface area contributed by atoms with Crippen molar-refractivity contribution in [1.29, 1.82) is 0 Å². The average molecular weight is 294 g/mol. The van der Waals surface area contributed by atoms with Crippen LogP contribution >= 0.6 is 0 Å². The van der Waals surface area contributed by atoms with Crippen molar-refractivity contribution in [1.82, 2.24) is 9.88 Å². The van der Waals surface area contributed by atoms with Crippen LogP contribution in [0, 0.1) is 13.8 Å².